The molecule has 2 aromatic heterocycles. The SMILES string of the molecule is CC[C@@H](C)C(=O)N1CCC[C@@H](c2nc3c(c(=O)[nH]2)CN(C(=O)c2cccs2)CC3)C1. The summed E-state index contributed by atoms with van der Waals surface area (Å²) in [7, 11) is 0. The number of hydrogen-bond donors (Lipinski definition) is 1. The van der Waals surface area contributed by atoms with Gasteiger partial charge in [-0.25, -0.2) is 4.98 Å². The van der Waals surface area contributed by atoms with Gasteiger partial charge in [0.05, 0.1) is 22.7 Å². The number of carbonyl (C=O) groups is 2. The fraction of sp³-hybridized carbons (Fsp3) is 0.545. The highest BCUT2D eigenvalue weighted by atomic mass is 32.1. The third-order valence-electron chi connectivity index (χ3n) is 6.26. The molecule has 8 heteroatoms. The molecule has 4 rings (SSSR count). The molecule has 1 saturated heterocycles. The van der Waals surface area contributed by atoms with E-state index in [1.54, 1.807) is 4.90 Å². The van der Waals surface area contributed by atoms with Crippen LogP contribution in [0.2, 0.25) is 0 Å². The summed E-state index contributed by atoms with van der Waals surface area (Å²) < 4.78 is 0. The first-order chi connectivity index (χ1) is 14.5. The van der Waals surface area contributed by atoms with Gasteiger partial charge in [-0.1, -0.05) is 19.9 Å². The lowest BCUT2D eigenvalue weighted by atomic mass is 9.95. The van der Waals surface area contributed by atoms with E-state index in [-0.39, 0.29) is 35.8 Å². The maximum Gasteiger partial charge on any atom is 0.264 e. The summed E-state index contributed by atoms with van der Waals surface area (Å²) in [6.07, 6.45) is 3.23. The highest BCUT2D eigenvalue weighted by Crippen LogP contribution is 2.27. The molecule has 0 spiro atoms. The second-order valence-electron chi connectivity index (χ2n) is 8.26. The molecule has 1 fully saturated rings. The van der Waals surface area contributed by atoms with Crippen molar-refractivity contribution >= 4 is 23.2 Å². The van der Waals surface area contributed by atoms with Gasteiger partial charge in [0.15, 0.2) is 0 Å². The number of aromatic nitrogens is 2. The average molecular weight is 429 g/mol. The van der Waals surface area contributed by atoms with E-state index in [1.165, 1.54) is 11.3 Å². The molecule has 2 amide bonds. The Labute approximate surface area is 180 Å². The number of nitrogens with zero attached hydrogens (tertiary/aromatic N) is 3. The number of hydrogen-bond acceptors (Lipinski definition) is 5. The summed E-state index contributed by atoms with van der Waals surface area (Å²) in [5.41, 5.74) is 1.21. The topological polar surface area (TPSA) is 86.4 Å². The standard InChI is InChI=1S/C22H28N4O3S/c1-3-14(2)21(28)25-9-4-6-15(12-25)19-23-17-8-10-26(13-16(17)20(27)24-19)22(29)18-7-5-11-30-18/h5,7,11,14-15H,3-4,6,8-10,12-13H2,1-2H3,(H,23,24,27)/t14-,15-/m1/s1. The summed E-state index contributed by atoms with van der Waals surface area (Å²) in [5.74, 6) is 0.899. The Morgan fingerprint density at radius 3 is 2.90 bits per heavy atom. The summed E-state index contributed by atoms with van der Waals surface area (Å²) in [6, 6.07) is 3.67. The van der Waals surface area contributed by atoms with Crippen molar-refractivity contribution in [3.8, 4) is 0 Å². The summed E-state index contributed by atoms with van der Waals surface area (Å²) in [4.78, 5) is 50.2. The zero-order valence-corrected chi connectivity index (χ0v) is 18.3. The van der Waals surface area contributed by atoms with Crippen LogP contribution < -0.4 is 5.56 Å². The minimum Gasteiger partial charge on any atom is -0.342 e. The molecule has 2 aromatic rings. The number of thiophene rings is 1. The summed E-state index contributed by atoms with van der Waals surface area (Å²) in [5, 5.41) is 1.88. The molecule has 2 aliphatic heterocycles. The third kappa shape index (κ3) is 4.05. The maximum absolute atomic E-state index is 12.8. The number of amides is 2. The minimum absolute atomic E-state index is 0.0196. The van der Waals surface area contributed by atoms with Crippen molar-refractivity contribution in [3.63, 3.8) is 0 Å². The monoisotopic (exact) mass is 428 g/mol. The van der Waals surface area contributed by atoms with Gasteiger partial charge in [0.2, 0.25) is 5.91 Å². The Hall–Kier alpha value is -2.48. The van der Waals surface area contributed by atoms with Gasteiger partial charge >= 0.3 is 0 Å². The van der Waals surface area contributed by atoms with Crippen molar-refractivity contribution in [2.45, 2.75) is 52.0 Å². The van der Waals surface area contributed by atoms with Gasteiger partial charge < -0.3 is 14.8 Å². The number of H-pyrrole nitrogens is 1. The van der Waals surface area contributed by atoms with Gasteiger partial charge in [-0.05, 0) is 30.7 Å². The van der Waals surface area contributed by atoms with Crippen LogP contribution in [0.4, 0.5) is 0 Å². The average Bonchev–Trinajstić information content (AvgIpc) is 3.32. The highest BCUT2D eigenvalue weighted by molar-refractivity contribution is 7.12. The van der Waals surface area contributed by atoms with Crippen LogP contribution >= 0.6 is 11.3 Å². The molecule has 1 N–H and O–H groups in total. The molecule has 160 valence electrons. The van der Waals surface area contributed by atoms with Crippen molar-refractivity contribution in [3.05, 3.63) is 49.8 Å². The molecule has 0 bridgehead atoms. The van der Waals surface area contributed by atoms with E-state index >= 15 is 0 Å². The van der Waals surface area contributed by atoms with Gasteiger partial charge in [0.1, 0.15) is 5.82 Å². The Balaban J connectivity index is 1.51. The second-order valence-corrected chi connectivity index (χ2v) is 9.21. The zero-order chi connectivity index (χ0) is 21.3. The van der Waals surface area contributed by atoms with E-state index in [0.29, 0.717) is 35.8 Å². The van der Waals surface area contributed by atoms with Crippen molar-refractivity contribution in [2.75, 3.05) is 19.6 Å². The van der Waals surface area contributed by atoms with Gasteiger partial charge in [-0.15, -0.1) is 11.3 Å². The van der Waals surface area contributed by atoms with Crippen LogP contribution in [-0.2, 0) is 17.8 Å². The zero-order valence-electron chi connectivity index (χ0n) is 17.5. The van der Waals surface area contributed by atoms with Crippen LogP contribution in [0.5, 0.6) is 0 Å². The Bertz CT molecular complexity index is 985. The van der Waals surface area contributed by atoms with Gasteiger partial charge in [0.25, 0.3) is 11.5 Å². The third-order valence-corrected chi connectivity index (χ3v) is 7.12. The molecule has 0 saturated carbocycles. The molecule has 0 aromatic carbocycles. The molecular weight excluding hydrogens is 400 g/mol. The molecule has 0 aliphatic carbocycles. The number of rotatable bonds is 4. The van der Waals surface area contributed by atoms with Crippen molar-refractivity contribution in [1.82, 2.24) is 19.8 Å². The van der Waals surface area contributed by atoms with Gasteiger partial charge in [0, 0.05) is 37.9 Å². The van der Waals surface area contributed by atoms with Crippen LogP contribution in [-0.4, -0.2) is 51.2 Å². The van der Waals surface area contributed by atoms with Crippen LogP contribution in [0.1, 0.15) is 65.8 Å². The lowest BCUT2D eigenvalue weighted by Gasteiger charge is -2.34. The van der Waals surface area contributed by atoms with E-state index in [9.17, 15) is 14.4 Å². The Kier molecular flexibility index (Phi) is 6.04. The summed E-state index contributed by atoms with van der Waals surface area (Å²) >= 11 is 1.41. The first kappa shape index (κ1) is 20.8. The number of likely N-dealkylation sites (tertiary alicyclic amines) is 1. The molecule has 2 atom stereocenters. The first-order valence-electron chi connectivity index (χ1n) is 10.7. The van der Waals surface area contributed by atoms with Crippen LogP contribution in [0.15, 0.2) is 22.3 Å². The molecule has 0 unspecified atom stereocenters. The number of piperidine rings is 1. The minimum atomic E-state index is -0.163. The van der Waals surface area contributed by atoms with Crippen molar-refractivity contribution in [2.24, 2.45) is 5.92 Å². The molecule has 4 heterocycles. The lowest BCUT2D eigenvalue weighted by Crippen LogP contribution is -2.43. The lowest BCUT2D eigenvalue weighted by molar-refractivity contribution is -0.136. The largest absolute Gasteiger partial charge is 0.342 e. The smallest absolute Gasteiger partial charge is 0.264 e. The molecular formula is C22H28N4O3S. The number of nitrogens with one attached hydrogen (secondary N) is 1. The number of aromatic amines is 1. The predicted octanol–water partition coefficient (Wildman–Crippen LogP) is 2.78. The van der Waals surface area contributed by atoms with Crippen LogP contribution in [0.3, 0.4) is 0 Å². The first-order valence-corrected chi connectivity index (χ1v) is 11.6. The van der Waals surface area contributed by atoms with Crippen LogP contribution in [0, 0.1) is 5.92 Å². The van der Waals surface area contributed by atoms with E-state index < -0.39 is 0 Å². The highest BCUT2D eigenvalue weighted by Gasteiger charge is 2.30. The van der Waals surface area contributed by atoms with Gasteiger partial charge in [-0.3, -0.25) is 14.4 Å². The summed E-state index contributed by atoms with van der Waals surface area (Å²) in [6.45, 7) is 6.22. The predicted molar refractivity (Wildman–Crippen MR) is 116 cm³/mol. The number of carbonyl (C=O) groups excluding carboxylic acids is 2. The molecule has 2 aliphatic rings. The Morgan fingerprint density at radius 1 is 1.33 bits per heavy atom. The van der Waals surface area contributed by atoms with E-state index in [0.717, 1.165) is 31.5 Å². The van der Waals surface area contributed by atoms with E-state index in [2.05, 4.69) is 4.98 Å². The van der Waals surface area contributed by atoms with Crippen molar-refractivity contribution in [1.29, 1.82) is 0 Å². The Morgan fingerprint density at radius 2 is 2.17 bits per heavy atom. The molecule has 7 nitrogen and oxygen atoms in total. The maximum atomic E-state index is 12.8. The van der Waals surface area contributed by atoms with Crippen molar-refractivity contribution < 1.29 is 9.59 Å². The molecule has 30 heavy (non-hydrogen) atoms. The van der Waals surface area contributed by atoms with Gasteiger partial charge in [-0.2, -0.15) is 0 Å². The van der Waals surface area contributed by atoms with Crippen LogP contribution in [0.25, 0.3) is 0 Å². The number of fused-ring (bicyclic) bond motifs is 1. The quantitative estimate of drug-likeness (QED) is 0.811. The molecule has 0 radical (unpaired) electrons. The normalized spacial score (nSPS) is 20.0. The fourth-order valence-corrected chi connectivity index (χ4v) is 4.94. The fourth-order valence-electron chi connectivity index (χ4n) is 4.25. The van der Waals surface area contributed by atoms with E-state index in [4.69, 9.17) is 4.98 Å². The van der Waals surface area contributed by atoms with E-state index in [1.807, 2.05) is 36.3 Å². The second kappa shape index (κ2) is 8.71.